The zero-order valence-electron chi connectivity index (χ0n) is 10.6. The van der Waals surface area contributed by atoms with E-state index >= 15 is 0 Å². The fraction of sp³-hybridized carbons (Fsp3) is 0.143. The van der Waals surface area contributed by atoms with Crippen LogP contribution in [0, 0.1) is 5.82 Å². The Hall–Kier alpha value is -2.21. The molecule has 0 fully saturated rings. The molecule has 2 aromatic rings. The number of benzene rings is 1. The van der Waals surface area contributed by atoms with E-state index in [0.717, 1.165) is 4.88 Å². The van der Waals surface area contributed by atoms with Crippen molar-refractivity contribution in [3.8, 4) is 0 Å². The van der Waals surface area contributed by atoms with Crippen molar-refractivity contribution in [1.29, 1.82) is 0 Å². The highest BCUT2D eigenvalue weighted by atomic mass is 32.1. The Bertz CT molecular complexity index is 582. The summed E-state index contributed by atoms with van der Waals surface area (Å²) in [7, 11) is 0. The monoisotopic (exact) mass is 292 g/mol. The van der Waals surface area contributed by atoms with Crippen LogP contribution in [-0.2, 0) is 11.3 Å². The smallest absolute Gasteiger partial charge is 0.251 e. The molecule has 0 unspecified atom stereocenters. The SMILES string of the molecule is O=C(CNC(=O)c1ccc(F)cc1)NCc1cccs1. The van der Waals surface area contributed by atoms with E-state index in [0.29, 0.717) is 12.1 Å². The number of nitrogens with one attached hydrogen (secondary N) is 2. The van der Waals surface area contributed by atoms with E-state index in [1.807, 2.05) is 17.5 Å². The number of amides is 2. The molecule has 0 aliphatic rings. The van der Waals surface area contributed by atoms with Gasteiger partial charge in [0.15, 0.2) is 0 Å². The van der Waals surface area contributed by atoms with Crippen molar-refractivity contribution in [2.75, 3.05) is 6.54 Å². The minimum Gasteiger partial charge on any atom is -0.350 e. The van der Waals surface area contributed by atoms with E-state index in [2.05, 4.69) is 10.6 Å². The van der Waals surface area contributed by atoms with Crippen LogP contribution in [0.2, 0.25) is 0 Å². The summed E-state index contributed by atoms with van der Waals surface area (Å²) in [6.07, 6.45) is 0. The van der Waals surface area contributed by atoms with Gasteiger partial charge in [0.2, 0.25) is 5.91 Å². The van der Waals surface area contributed by atoms with E-state index in [9.17, 15) is 14.0 Å². The van der Waals surface area contributed by atoms with Crippen molar-refractivity contribution < 1.29 is 14.0 Å². The molecule has 0 saturated carbocycles. The number of rotatable bonds is 5. The summed E-state index contributed by atoms with van der Waals surface area (Å²) in [5.74, 6) is -1.08. The first-order chi connectivity index (χ1) is 9.65. The molecule has 0 radical (unpaired) electrons. The van der Waals surface area contributed by atoms with Gasteiger partial charge in [-0.05, 0) is 35.7 Å². The molecule has 0 bridgehead atoms. The molecule has 0 aliphatic heterocycles. The number of thiophene rings is 1. The molecular weight excluding hydrogens is 279 g/mol. The van der Waals surface area contributed by atoms with Crippen LogP contribution in [0.15, 0.2) is 41.8 Å². The average Bonchev–Trinajstić information content (AvgIpc) is 2.96. The van der Waals surface area contributed by atoms with Crippen LogP contribution in [0.5, 0.6) is 0 Å². The Morgan fingerprint density at radius 1 is 1.10 bits per heavy atom. The summed E-state index contributed by atoms with van der Waals surface area (Å²) in [5.41, 5.74) is 0.317. The molecule has 6 heteroatoms. The Morgan fingerprint density at radius 3 is 2.50 bits per heavy atom. The van der Waals surface area contributed by atoms with Crippen molar-refractivity contribution in [2.24, 2.45) is 0 Å². The molecule has 4 nitrogen and oxygen atoms in total. The van der Waals surface area contributed by atoms with Gasteiger partial charge in [0.1, 0.15) is 5.82 Å². The third-order valence-electron chi connectivity index (χ3n) is 2.56. The first-order valence-corrected chi connectivity index (χ1v) is 6.86. The fourth-order valence-corrected chi connectivity index (χ4v) is 2.17. The zero-order valence-corrected chi connectivity index (χ0v) is 11.4. The molecule has 2 N–H and O–H groups in total. The van der Waals surface area contributed by atoms with Gasteiger partial charge in [-0.25, -0.2) is 4.39 Å². The normalized spacial score (nSPS) is 10.1. The highest BCUT2D eigenvalue weighted by Crippen LogP contribution is 2.07. The molecule has 0 spiro atoms. The molecule has 104 valence electrons. The first-order valence-electron chi connectivity index (χ1n) is 5.98. The van der Waals surface area contributed by atoms with E-state index in [1.54, 1.807) is 11.3 Å². The molecule has 2 amide bonds. The van der Waals surface area contributed by atoms with Gasteiger partial charge in [0.05, 0.1) is 13.1 Å². The molecule has 0 saturated heterocycles. The van der Waals surface area contributed by atoms with Gasteiger partial charge in [-0.3, -0.25) is 9.59 Å². The summed E-state index contributed by atoms with van der Waals surface area (Å²) in [6, 6.07) is 8.96. The highest BCUT2D eigenvalue weighted by Gasteiger charge is 2.08. The average molecular weight is 292 g/mol. The van der Waals surface area contributed by atoms with Crippen LogP contribution in [-0.4, -0.2) is 18.4 Å². The maximum atomic E-state index is 12.7. The molecular formula is C14H13FN2O2S. The molecule has 20 heavy (non-hydrogen) atoms. The molecule has 1 heterocycles. The largest absolute Gasteiger partial charge is 0.350 e. The first kappa shape index (κ1) is 14.2. The quantitative estimate of drug-likeness (QED) is 0.884. The van der Waals surface area contributed by atoms with E-state index < -0.39 is 11.7 Å². The maximum absolute atomic E-state index is 12.7. The number of hydrogen-bond acceptors (Lipinski definition) is 3. The van der Waals surface area contributed by atoms with Gasteiger partial charge in [-0.15, -0.1) is 11.3 Å². The number of halogens is 1. The van der Waals surface area contributed by atoms with Crippen LogP contribution in [0.25, 0.3) is 0 Å². The van der Waals surface area contributed by atoms with Crippen molar-refractivity contribution >= 4 is 23.2 Å². The van der Waals surface area contributed by atoms with E-state index in [4.69, 9.17) is 0 Å². The lowest BCUT2D eigenvalue weighted by atomic mass is 10.2. The Kier molecular flexibility index (Phi) is 4.84. The summed E-state index contributed by atoms with van der Waals surface area (Å²) < 4.78 is 12.7. The minimum atomic E-state index is -0.407. The lowest BCUT2D eigenvalue weighted by Crippen LogP contribution is -2.36. The molecule has 1 aromatic carbocycles. The fourth-order valence-electron chi connectivity index (χ4n) is 1.53. The second kappa shape index (κ2) is 6.81. The summed E-state index contributed by atoms with van der Waals surface area (Å²) in [6.45, 7) is 0.338. The van der Waals surface area contributed by atoms with Gasteiger partial charge in [0, 0.05) is 10.4 Å². The number of carbonyl (C=O) groups is 2. The van der Waals surface area contributed by atoms with Crippen molar-refractivity contribution in [3.05, 3.63) is 58.0 Å². The zero-order chi connectivity index (χ0) is 14.4. The third kappa shape index (κ3) is 4.17. The Balaban J connectivity index is 1.75. The van der Waals surface area contributed by atoms with Crippen LogP contribution in [0.4, 0.5) is 4.39 Å². The molecule has 0 atom stereocenters. The molecule has 0 aliphatic carbocycles. The van der Waals surface area contributed by atoms with Crippen LogP contribution in [0.3, 0.4) is 0 Å². The summed E-state index contributed by atoms with van der Waals surface area (Å²) in [4.78, 5) is 24.3. The predicted molar refractivity (Wildman–Crippen MR) is 74.9 cm³/mol. The number of hydrogen-bond donors (Lipinski definition) is 2. The van der Waals surface area contributed by atoms with Crippen LogP contribution >= 0.6 is 11.3 Å². The van der Waals surface area contributed by atoms with Gasteiger partial charge in [0.25, 0.3) is 5.91 Å². The summed E-state index contributed by atoms with van der Waals surface area (Å²) >= 11 is 1.55. The standard InChI is InChI=1S/C14H13FN2O2S/c15-11-5-3-10(4-6-11)14(19)17-9-13(18)16-8-12-2-1-7-20-12/h1-7H,8-9H2,(H,16,18)(H,17,19). The molecule has 1 aromatic heterocycles. The lowest BCUT2D eigenvalue weighted by Gasteiger charge is -2.06. The van der Waals surface area contributed by atoms with Gasteiger partial charge >= 0.3 is 0 Å². The Labute approximate surface area is 119 Å². The third-order valence-corrected chi connectivity index (χ3v) is 3.43. The van der Waals surface area contributed by atoms with Crippen LogP contribution in [0.1, 0.15) is 15.2 Å². The van der Waals surface area contributed by atoms with E-state index in [-0.39, 0.29) is 12.5 Å². The van der Waals surface area contributed by atoms with Crippen molar-refractivity contribution in [2.45, 2.75) is 6.54 Å². The van der Waals surface area contributed by atoms with Gasteiger partial charge in [-0.2, -0.15) is 0 Å². The highest BCUT2D eigenvalue weighted by molar-refractivity contribution is 7.09. The molecule has 2 rings (SSSR count). The lowest BCUT2D eigenvalue weighted by molar-refractivity contribution is -0.120. The Morgan fingerprint density at radius 2 is 1.85 bits per heavy atom. The van der Waals surface area contributed by atoms with Crippen LogP contribution < -0.4 is 10.6 Å². The second-order valence-electron chi connectivity index (χ2n) is 4.05. The number of carbonyl (C=O) groups excluding carboxylic acids is 2. The van der Waals surface area contributed by atoms with Crippen molar-refractivity contribution in [1.82, 2.24) is 10.6 Å². The topological polar surface area (TPSA) is 58.2 Å². The van der Waals surface area contributed by atoms with Gasteiger partial charge < -0.3 is 10.6 Å². The maximum Gasteiger partial charge on any atom is 0.251 e. The predicted octanol–water partition coefficient (Wildman–Crippen LogP) is 1.93. The minimum absolute atomic E-state index is 0.110. The summed E-state index contributed by atoms with van der Waals surface area (Å²) in [5, 5.41) is 7.10. The van der Waals surface area contributed by atoms with Crippen molar-refractivity contribution in [3.63, 3.8) is 0 Å². The van der Waals surface area contributed by atoms with Gasteiger partial charge in [-0.1, -0.05) is 6.07 Å². The second-order valence-corrected chi connectivity index (χ2v) is 5.08. The van der Waals surface area contributed by atoms with E-state index in [1.165, 1.54) is 24.3 Å².